The molecular formula is C28H24Cl3N3O4S. The van der Waals surface area contributed by atoms with Crippen molar-refractivity contribution < 1.29 is 19.1 Å². The van der Waals surface area contributed by atoms with Gasteiger partial charge in [-0.25, -0.2) is 4.79 Å². The van der Waals surface area contributed by atoms with E-state index in [9.17, 15) is 14.4 Å². The van der Waals surface area contributed by atoms with E-state index in [1.165, 1.54) is 4.90 Å². The highest BCUT2D eigenvalue weighted by Crippen LogP contribution is 2.29. The number of rotatable bonds is 9. The molecule has 1 heterocycles. The number of halogens is 3. The second-order valence-electron chi connectivity index (χ2n) is 8.68. The molecule has 3 aromatic carbocycles. The normalized spacial score (nSPS) is 15.0. The summed E-state index contributed by atoms with van der Waals surface area (Å²) in [5.41, 5.74) is 2.18. The number of esters is 1. The van der Waals surface area contributed by atoms with E-state index in [0.29, 0.717) is 45.0 Å². The second-order valence-corrected chi connectivity index (χ2v) is 10.3. The first-order valence-corrected chi connectivity index (χ1v) is 13.6. The highest BCUT2D eigenvalue weighted by atomic mass is 35.5. The number of benzene rings is 3. The highest BCUT2D eigenvalue weighted by molar-refractivity contribution is 7.80. The summed E-state index contributed by atoms with van der Waals surface area (Å²) in [5, 5.41) is 4.53. The summed E-state index contributed by atoms with van der Waals surface area (Å²) in [6, 6.07) is 17.5. The zero-order chi connectivity index (χ0) is 28.1. The van der Waals surface area contributed by atoms with Crippen LogP contribution in [-0.2, 0) is 20.7 Å². The number of nitrogens with one attached hydrogen (secondary N) is 1. The Hall–Kier alpha value is -3.17. The molecule has 0 saturated carbocycles. The summed E-state index contributed by atoms with van der Waals surface area (Å²) < 4.78 is 5.04. The number of amides is 2. The lowest BCUT2D eigenvalue weighted by atomic mass is 10.1. The maximum absolute atomic E-state index is 13.7. The number of carbonyl (C=O) groups is 3. The first kappa shape index (κ1) is 28.8. The predicted molar refractivity (Wildman–Crippen MR) is 158 cm³/mol. The number of ether oxygens (including phenoxy) is 1. The Morgan fingerprint density at radius 2 is 1.72 bits per heavy atom. The molecule has 3 aromatic rings. The molecule has 7 nitrogen and oxygen atoms in total. The topological polar surface area (TPSA) is 78.9 Å². The summed E-state index contributed by atoms with van der Waals surface area (Å²) in [5.74, 6) is -1.18. The number of hydrogen-bond donors (Lipinski definition) is 1. The summed E-state index contributed by atoms with van der Waals surface area (Å²) in [7, 11) is 0. The largest absolute Gasteiger partial charge is 0.462 e. The number of nitrogens with zero attached hydrogens (tertiary/aromatic N) is 2. The van der Waals surface area contributed by atoms with Gasteiger partial charge in [0.05, 0.1) is 24.3 Å². The van der Waals surface area contributed by atoms with Crippen molar-refractivity contribution in [2.75, 3.05) is 23.4 Å². The van der Waals surface area contributed by atoms with E-state index in [2.05, 4.69) is 5.32 Å². The molecule has 39 heavy (non-hydrogen) atoms. The molecule has 202 valence electrons. The van der Waals surface area contributed by atoms with Crippen molar-refractivity contribution in [2.45, 2.75) is 25.8 Å². The van der Waals surface area contributed by atoms with Gasteiger partial charge in [-0.15, -0.1) is 0 Å². The molecule has 0 unspecified atom stereocenters. The quantitative estimate of drug-likeness (QED) is 0.225. The van der Waals surface area contributed by atoms with E-state index in [4.69, 9.17) is 51.8 Å². The van der Waals surface area contributed by atoms with Gasteiger partial charge < -0.3 is 15.0 Å². The Labute approximate surface area is 246 Å². The van der Waals surface area contributed by atoms with Gasteiger partial charge in [-0.3, -0.25) is 14.5 Å². The van der Waals surface area contributed by atoms with Gasteiger partial charge in [0.15, 0.2) is 5.11 Å². The van der Waals surface area contributed by atoms with E-state index in [1.807, 2.05) is 6.07 Å². The van der Waals surface area contributed by atoms with Crippen molar-refractivity contribution in [3.8, 4) is 0 Å². The monoisotopic (exact) mass is 603 g/mol. The minimum Gasteiger partial charge on any atom is -0.462 e. The third-order valence-electron chi connectivity index (χ3n) is 6.08. The van der Waals surface area contributed by atoms with Crippen LogP contribution in [0.25, 0.3) is 0 Å². The van der Waals surface area contributed by atoms with Crippen LogP contribution in [0.2, 0.25) is 15.1 Å². The summed E-state index contributed by atoms with van der Waals surface area (Å²) in [6.45, 7) is 2.31. The maximum Gasteiger partial charge on any atom is 0.338 e. The molecule has 1 aliphatic heterocycles. The summed E-state index contributed by atoms with van der Waals surface area (Å²) in [6.07, 6.45) is 0.322. The number of carbonyl (C=O) groups excluding carboxylic acids is 3. The van der Waals surface area contributed by atoms with E-state index < -0.39 is 12.0 Å². The molecule has 1 fully saturated rings. The van der Waals surface area contributed by atoms with Crippen LogP contribution in [0, 0.1) is 0 Å². The van der Waals surface area contributed by atoms with Gasteiger partial charge in [0.2, 0.25) is 5.91 Å². The minimum atomic E-state index is -0.854. The molecule has 1 saturated heterocycles. The molecule has 0 aromatic heterocycles. The van der Waals surface area contributed by atoms with Gasteiger partial charge in [-0.05, 0) is 85.7 Å². The average molecular weight is 605 g/mol. The Bertz CT molecular complexity index is 1420. The lowest BCUT2D eigenvalue weighted by molar-refractivity contribution is -0.124. The fraction of sp³-hybridized carbons (Fsp3) is 0.214. The number of hydrogen-bond acceptors (Lipinski definition) is 5. The second kappa shape index (κ2) is 12.8. The molecule has 0 radical (unpaired) electrons. The Morgan fingerprint density at radius 1 is 1.00 bits per heavy atom. The number of thiocarbonyl (C=S) groups is 1. The van der Waals surface area contributed by atoms with E-state index in [-0.39, 0.29) is 30.0 Å². The van der Waals surface area contributed by atoms with E-state index in [1.54, 1.807) is 72.5 Å². The third kappa shape index (κ3) is 6.89. The summed E-state index contributed by atoms with van der Waals surface area (Å²) >= 11 is 24.2. The van der Waals surface area contributed by atoms with Crippen molar-refractivity contribution >= 4 is 81.3 Å². The molecule has 1 aliphatic rings. The van der Waals surface area contributed by atoms with Gasteiger partial charge in [0, 0.05) is 27.3 Å². The van der Waals surface area contributed by atoms with Gasteiger partial charge >= 0.3 is 5.97 Å². The maximum atomic E-state index is 13.7. The van der Waals surface area contributed by atoms with Crippen molar-refractivity contribution in [1.29, 1.82) is 0 Å². The van der Waals surface area contributed by atoms with Gasteiger partial charge in [0.1, 0.15) is 6.04 Å². The molecular weight excluding hydrogens is 581 g/mol. The lowest BCUT2D eigenvalue weighted by Gasteiger charge is -2.24. The van der Waals surface area contributed by atoms with Gasteiger partial charge in [0.25, 0.3) is 5.91 Å². The van der Waals surface area contributed by atoms with Crippen LogP contribution in [-0.4, -0.2) is 47.0 Å². The molecule has 0 spiro atoms. The van der Waals surface area contributed by atoms with Crippen LogP contribution in [0.3, 0.4) is 0 Å². The van der Waals surface area contributed by atoms with Crippen molar-refractivity contribution in [3.05, 3.63) is 92.9 Å². The van der Waals surface area contributed by atoms with Crippen LogP contribution >= 0.6 is 47.0 Å². The predicted octanol–water partition coefficient (Wildman–Crippen LogP) is 6.40. The molecule has 4 rings (SSSR count). The smallest absolute Gasteiger partial charge is 0.338 e. The zero-order valence-electron chi connectivity index (χ0n) is 20.8. The fourth-order valence-electron chi connectivity index (χ4n) is 4.21. The zero-order valence-corrected chi connectivity index (χ0v) is 23.9. The lowest BCUT2D eigenvalue weighted by Crippen LogP contribution is -2.39. The highest BCUT2D eigenvalue weighted by Gasteiger charge is 2.44. The van der Waals surface area contributed by atoms with E-state index in [0.717, 1.165) is 5.56 Å². The SMILES string of the molecule is CCOC(=O)c1ccc(N2C(=O)[C@H](CC(=O)Nc3cccc(Cl)c3)N(CCc3ccc(Cl)cc3Cl)C2=S)cc1. The van der Waals surface area contributed by atoms with Crippen LogP contribution in [0.1, 0.15) is 29.3 Å². The molecule has 0 bridgehead atoms. The average Bonchev–Trinajstić information content (AvgIpc) is 3.12. The molecule has 0 aliphatic carbocycles. The Morgan fingerprint density at radius 3 is 2.38 bits per heavy atom. The van der Waals surface area contributed by atoms with Crippen LogP contribution in [0.15, 0.2) is 66.7 Å². The van der Waals surface area contributed by atoms with Crippen molar-refractivity contribution in [3.63, 3.8) is 0 Å². The minimum absolute atomic E-state index is 0.142. The van der Waals surface area contributed by atoms with Gasteiger partial charge in [-0.1, -0.05) is 46.9 Å². The van der Waals surface area contributed by atoms with Crippen molar-refractivity contribution in [1.82, 2.24) is 4.90 Å². The molecule has 11 heteroatoms. The van der Waals surface area contributed by atoms with Crippen molar-refractivity contribution in [2.24, 2.45) is 0 Å². The fourth-order valence-corrected chi connectivity index (χ4v) is 5.31. The molecule has 1 atom stereocenters. The van der Waals surface area contributed by atoms with Crippen LogP contribution in [0.4, 0.5) is 11.4 Å². The first-order valence-electron chi connectivity index (χ1n) is 12.1. The third-order valence-corrected chi connectivity index (χ3v) is 7.32. The number of anilines is 2. The first-order chi connectivity index (χ1) is 18.7. The summed E-state index contributed by atoms with van der Waals surface area (Å²) in [4.78, 5) is 41.8. The standard InChI is InChI=1S/C28H24Cl3N3O4S/c1-2-38-27(37)18-7-10-22(11-8-18)34-26(36)24(16-25(35)32-21-5-3-4-19(29)14-21)33(28(34)39)13-12-17-6-9-20(30)15-23(17)31/h3-11,14-15,24H,2,12-13,16H2,1H3,(H,32,35)/t24-/m0/s1. The molecule has 2 amide bonds. The van der Waals surface area contributed by atoms with Crippen LogP contribution in [0.5, 0.6) is 0 Å². The molecule has 1 N–H and O–H groups in total. The Kier molecular flexibility index (Phi) is 9.45. The van der Waals surface area contributed by atoms with E-state index >= 15 is 0 Å². The van der Waals surface area contributed by atoms with Crippen LogP contribution < -0.4 is 10.2 Å². The van der Waals surface area contributed by atoms with Gasteiger partial charge in [-0.2, -0.15) is 0 Å². The Balaban J connectivity index is 1.58.